The van der Waals surface area contributed by atoms with E-state index >= 15 is 0 Å². The van der Waals surface area contributed by atoms with Gasteiger partial charge in [-0.05, 0) is 35.4 Å². The fourth-order valence-electron chi connectivity index (χ4n) is 1.73. The summed E-state index contributed by atoms with van der Waals surface area (Å²) in [4.78, 5) is 0. The van der Waals surface area contributed by atoms with Crippen LogP contribution in [0.5, 0.6) is 0 Å². The van der Waals surface area contributed by atoms with Crippen molar-refractivity contribution in [1.29, 1.82) is 0 Å². The summed E-state index contributed by atoms with van der Waals surface area (Å²) in [7, 11) is 0. The smallest absolute Gasteiger partial charge is 0.0841 e. The van der Waals surface area contributed by atoms with Crippen LogP contribution in [0.15, 0.2) is 55.9 Å². The topological polar surface area (TPSA) is 20.2 Å². The number of aliphatic hydroxyl groups excluding tert-OH is 1. The maximum atomic E-state index is 10.3. The quantitative estimate of drug-likeness (QED) is 0.699. The van der Waals surface area contributed by atoms with Crippen LogP contribution in [0.3, 0.4) is 0 Å². The van der Waals surface area contributed by atoms with Crippen molar-refractivity contribution >= 4 is 47.8 Å². The van der Waals surface area contributed by atoms with Crippen LogP contribution in [0.4, 0.5) is 0 Å². The third kappa shape index (κ3) is 3.67. The predicted octanol–water partition coefficient (Wildman–Crippen LogP) is 5.25. The zero-order valence-electron chi connectivity index (χ0n) is 9.41. The highest BCUT2D eigenvalue weighted by molar-refractivity contribution is 9.11. The number of hydrogen-bond donors (Lipinski definition) is 1. The summed E-state index contributed by atoms with van der Waals surface area (Å²) < 4.78 is 2.96. The van der Waals surface area contributed by atoms with Gasteiger partial charge in [0.05, 0.1) is 6.10 Å². The van der Waals surface area contributed by atoms with Crippen LogP contribution in [0.25, 0.3) is 0 Å². The molecule has 0 fully saturated rings. The molecule has 18 heavy (non-hydrogen) atoms. The highest BCUT2D eigenvalue weighted by Crippen LogP contribution is 2.29. The Morgan fingerprint density at radius 3 is 2.11 bits per heavy atom. The van der Waals surface area contributed by atoms with Gasteiger partial charge in [-0.25, -0.2) is 0 Å². The minimum absolute atomic E-state index is 0.506. The first-order valence-corrected chi connectivity index (χ1v) is 7.81. The Morgan fingerprint density at radius 2 is 1.50 bits per heavy atom. The molecule has 94 valence electrons. The Labute approximate surface area is 132 Å². The average molecular weight is 435 g/mol. The van der Waals surface area contributed by atoms with E-state index in [-0.39, 0.29) is 0 Å². The molecule has 2 aromatic rings. The Kier molecular flexibility index (Phi) is 5.01. The summed E-state index contributed by atoms with van der Waals surface area (Å²) in [6.07, 6.45) is 0.0988. The molecule has 1 nitrogen and oxygen atoms in total. The summed E-state index contributed by atoms with van der Waals surface area (Å²) in [6.45, 7) is 0. The minimum Gasteiger partial charge on any atom is -0.388 e. The van der Waals surface area contributed by atoms with Crippen LogP contribution in [0, 0.1) is 0 Å². The third-order valence-electron chi connectivity index (χ3n) is 2.66. The fraction of sp³-hybridized carbons (Fsp3) is 0.143. The van der Waals surface area contributed by atoms with E-state index in [0.29, 0.717) is 6.42 Å². The van der Waals surface area contributed by atoms with Crippen molar-refractivity contribution in [2.24, 2.45) is 0 Å². The molecule has 2 rings (SSSR count). The van der Waals surface area contributed by atoms with Gasteiger partial charge < -0.3 is 5.11 Å². The molecule has 0 radical (unpaired) electrons. The summed E-state index contributed by atoms with van der Waals surface area (Å²) >= 11 is 10.3. The Hall–Kier alpha value is -0.160. The standard InChI is InChI=1S/C14H11Br3O/c15-10-3-1-9(2-4-10)7-14(18)12-6-5-11(16)8-13(12)17/h1-6,8,14,18H,7H2. The van der Waals surface area contributed by atoms with Gasteiger partial charge in [0, 0.05) is 19.8 Å². The molecule has 0 amide bonds. The molecule has 4 heteroatoms. The first-order valence-electron chi connectivity index (χ1n) is 5.44. The second kappa shape index (κ2) is 6.33. The van der Waals surface area contributed by atoms with Crippen molar-refractivity contribution in [1.82, 2.24) is 0 Å². The van der Waals surface area contributed by atoms with Crippen LogP contribution in [0.2, 0.25) is 0 Å². The summed E-state index contributed by atoms with van der Waals surface area (Å²) in [5.41, 5.74) is 2.02. The monoisotopic (exact) mass is 432 g/mol. The Bertz CT molecular complexity index is 537. The molecule has 0 heterocycles. The van der Waals surface area contributed by atoms with E-state index in [2.05, 4.69) is 47.8 Å². The lowest BCUT2D eigenvalue weighted by Crippen LogP contribution is -2.02. The molecule has 0 aliphatic carbocycles. The largest absolute Gasteiger partial charge is 0.388 e. The van der Waals surface area contributed by atoms with Gasteiger partial charge in [0.15, 0.2) is 0 Å². The van der Waals surface area contributed by atoms with Crippen molar-refractivity contribution in [3.63, 3.8) is 0 Å². The summed E-state index contributed by atoms with van der Waals surface area (Å²) in [5.74, 6) is 0. The Morgan fingerprint density at radius 1 is 0.889 bits per heavy atom. The first-order chi connectivity index (χ1) is 8.56. The van der Waals surface area contributed by atoms with Gasteiger partial charge >= 0.3 is 0 Å². The zero-order chi connectivity index (χ0) is 13.1. The molecule has 1 atom stereocenters. The second-order valence-corrected chi connectivity index (χ2v) is 6.70. The van der Waals surface area contributed by atoms with Gasteiger partial charge in [0.25, 0.3) is 0 Å². The predicted molar refractivity (Wildman–Crippen MR) is 84.6 cm³/mol. The van der Waals surface area contributed by atoms with Gasteiger partial charge in [0.2, 0.25) is 0 Å². The first kappa shape index (κ1) is 14.3. The molecular weight excluding hydrogens is 424 g/mol. The lowest BCUT2D eigenvalue weighted by atomic mass is 10.0. The molecule has 0 aromatic heterocycles. The lowest BCUT2D eigenvalue weighted by Gasteiger charge is -2.13. The molecule has 0 bridgehead atoms. The normalized spacial score (nSPS) is 12.4. The van der Waals surface area contributed by atoms with Crippen molar-refractivity contribution in [2.75, 3.05) is 0 Å². The van der Waals surface area contributed by atoms with E-state index in [4.69, 9.17) is 0 Å². The van der Waals surface area contributed by atoms with E-state index in [1.807, 2.05) is 42.5 Å². The van der Waals surface area contributed by atoms with E-state index < -0.39 is 6.10 Å². The number of hydrogen-bond acceptors (Lipinski definition) is 1. The summed E-state index contributed by atoms with van der Waals surface area (Å²) in [6, 6.07) is 13.8. The molecule has 0 aliphatic rings. The molecule has 0 saturated heterocycles. The highest BCUT2D eigenvalue weighted by atomic mass is 79.9. The zero-order valence-corrected chi connectivity index (χ0v) is 14.2. The van der Waals surface area contributed by atoms with Gasteiger partial charge in [-0.1, -0.05) is 66.0 Å². The minimum atomic E-state index is -0.506. The van der Waals surface area contributed by atoms with Gasteiger partial charge in [-0.2, -0.15) is 0 Å². The number of halogens is 3. The SMILES string of the molecule is OC(Cc1ccc(Br)cc1)c1ccc(Br)cc1Br. The van der Waals surface area contributed by atoms with Crippen molar-refractivity contribution < 1.29 is 5.11 Å². The van der Waals surface area contributed by atoms with Crippen molar-refractivity contribution in [3.8, 4) is 0 Å². The Balaban J connectivity index is 2.16. The highest BCUT2D eigenvalue weighted by Gasteiger charge is 2.12. The maximum Gasteiger partial charge on any atom is 0.0841 e. The molecule has 0 saturated carbocycles. The molecule has 0 aliphatic heterocycles. The summed E-state index contributed by atoms with van der Waals surface area (Å²) in [5, 5.41) is 10.3. The lowest BCUT2D eigenvalue weighted by molar-refractivity contribution is 0.177. The van der Waals surface area contributed by atoms with Crippen LogP contribution in [-0.2, 0) is 6.42 Å². The van der Waals surface area contributed by atoms with Crippen molar-refractivity contribution in [2.45, 2.75) is 12.5 Å². The number of aliphatic hydroxyl groups is 1. The molecule has 2 aromatic carbocycles. The third-order valence-corrected chi connectivity index (χ3v) is 4.37. The second-order valence-electron chi connectivity index (χ2n) is 4.01. The maximum absolute atomic E-state index is 10.3. The van der Waals surface area contributed by atoms with Crippen LogP contribution < -0.4 is 0 Å². The molecule has 1 unspecified atom stereocenters. The molecule has 1 N–H and O–H groups in total. The molecule has 0 spiro atoms. The van der Waals surface area contributed by atoms with Gasteiger partial charge in [0.1, 0.15) is 0 Å². The number of rotatable bonds is 3. The van der Waals surface area contributed by atoms with Crippen LogP contribution in [-0.4, -0.2) is 5.11 Å². The van der Waals surface area contributed by atoms with E-state index in [1.54, 1.807) is 0 Å². The number of benzene rings is 2. The van der Waals surface area contributed by atoms with E-state index in [0.717, 1.165) is 24.5 Å². The fourth-order valence-corrected chi connectivity index (χ4v) is 3.30. The van der Waals surface area contributed by atoms with Crippen molar-refractivity contribution in [3.05, 3.63) is 67.0 Å². The van der Waals surface area contributed by atoms with Crippen LogP contribution in [0.1, 0.15) is 17.2 Å². The average Bonchev–Trinajstić information content (AvgIpc) is 2.32. The van der Waals surface area contributed by atoms with Gasteiger partial charge in [-0.15, -0.1) is 0 Å². The molecular formula is C14H11Br3O. The van der Waals surface area contributed by atoms with Gasteiger partial charge in [-0.3, -0.25) is 0 Å². The van der Waals surface area contributed by atoms with E-state index in [9.17, 15) is 5.11 Å². The van der Waals surface area contributed by atoms with E-state index in [1.165, 1.54) is 0 Å². The van der Waals surface area contributed by atoms with Crippen LogP contribution >= 0.6 is 47.8 Å².